The van der Waals surface area contributed by atoms with Gasteiger partial charge in [-0.25, -0.2) is 9.79 Å². The van der Waals surface area contributed by atoms with Gasteiger partial charge >= 0.3 is 16.1 Å². The summed E-state index contributed by atoms with van der Waals surface area (Å²) in [7, 11) is -2.62. The molecule has 0 atom stereocenters. The average molecular weight is 449 g/mol. The average Bonchev–Trinajstić information content (AvgIpc) is 3.16. The zero-order valence-corrected chi connectivity index (χ0v) is 18.1. The minimum atomic E-state index is -4.10. The molecule has 0 aromatic heterocycles. The number of aliphatic imine (C=N–C) groups is 1. The Bertz CT molecular complexity index is 1330. The molecule has 162 valence electrons. The number of hydrogen-bond donors (Lipinski definition) is 0. The number of carbonyl (C=O) groups is 1. The van der Waals surface area contributed by atoms with Gasteiger partial charge in [0, 0.05) is 11.1 Å². The maximum absolute atomic E-state index is 12.8. The molecule has 0 bridgehead atoms. The number of benzene rings is 3. The van der Waals surface area contributed by atoms with Crippen LogP contribution in [0.3, 0.4) is 0 Å². The van der Waals surface area contributed by atoms with E-state index in [4.69, 9.17) is 13.7 Å². The largest absolute Gasteiger partial charge is 0.497 e. The lowest BCUT2D eigenvalue weighted by Gasteiger charge is -2.11. The fraction of sp³-hybridized carbons (Fsp3) is 0.0833. The normalized spacial score (nSPS) is 14.8. The topological polar surface area (TPSA) is 91.3 Å². The van der Waals surface area contributed by atoms with Gasteiger partial charge in [-0.15, -0.1) is 0 Å². The second-order valence-electron chi connectivity index (χ2n) is 6.96. The zero-order valence-electron chi connectivity index (χ0n) is 17.3. The molecule has 1 aliphatic heterocycles. The van der Waals surface area contributed by atoms with Crippen LogP contribution in [-0.4, -0.2) is 27.4 Å². The summed E-state index contributed by atoms with van der Waals surface area (Å²) in [5.41, 5.74) is 1.87. The Morgan fingerprint density at radius 2 is 1.69 bits per heavy atom. The number of aryl methyl sites for hydroxylation is 1. The zero-order chi connectivity index (χ0) is 22.7. The lowest BCUT2D eigenvalue weighted by molar-refractivity contribution is -0.129. The molecule has 0 saturated carbocycles. The predicted molar refractivity (Wildman–Crippen MR) is 119 cm³/mol. The van der Waals surface area contributed by atoms with Gasteiger partial charge in [0.05, 0.1) is 7.11 Å². The van der Waals surface area contributed by atoms with Crippen molar-refractivity contribution in [3.63, 3.8) is 0 Å². The Balaban J connectivity index is 1.72. The Labute approximate surface area is 185 Å². The monoisotopic (exact) mass is 449 g/mol. The van der Waals surface area contributed by atoms with Gasteiger partial charge in [0.15, 0.2) is 11.4 Å². The minimum absolute atomic E-state index is 0.00897. The molecule has 0 amide bonds. The van der Waals surface area contributed by atoms with E-state index in [2.05, 4.69) is 4.99 Å². The van der Waals surface area contributed by atoms with Crippen molar-refractivity contribution in [2.45, 2.75) is 11.8 Å². The van der Waals surface area contributed by atoms with Crippen LogP contribution < -0.4 is 8.92 Å². The van der Waals surface area contributed by atoms with E-state index in [9.17, 15) is 13.2 Å². The molecule has 0 N–H and O–H groups in total. The van der Waals surface area contributed by atoms with Crippen LogP contribution in [0.4, 0.5) is 0 Å². The van der Waals surface area contributed by atoms with Crippen LogP contribution in [0.25, 0.3) is 6.08 Å². The quantitative estimate of drug-likeness (QED) is 0.319. The maximum Gasteiger partial charge on any atom is 0.363 e. The van der Waals surface area contributed by atoms with Gasteiger partial charge in [-0.2, -0.15) is 8.42 Å². The molecule has 0 aliphatic carbocycles. The van der Waals surface area contributed by atoms with E-state index in [0.29, 0.717) is 16.9 Å². The van der Waals surface area contributed by atoms with E-state index in [-0.39, 0.29) is 22.2 Å². The smallest absolute Gasteiger partial charge is 0.363 e. The highest BCUT2D eigenvalue weighted by Gasteiger charge is 2.25. The summed E-state index contributed by atoms with van der Waals surface area (Å²) in [5, 5.41) is 0. The van der Waals surface area contributed by atoms with Crippen molar-refractivity contribution < 1.29 is 26.9 Å². The Kier molecular flexibility index (Phi) is 5.79. The molecule has 1 aliphatic rings. The van der Waals surface area contributed by atoms with Crippen LogP contribution in [0, 0.1) is 6.92 Å². The Morgan fingerprint density at radius 1 is 0.969 bits per heavy atom. The molecule has 1 heterocycles. The van der Waals surface area contributed by atoms with Gasteiger partial charge in [-0.1, -0.05) is 35.9 Å². The summed E-state index contributed by atoms with van der Waals surface area (Å²) in [5.74, 6) is -0.0101. The molecule has 0 unspecified atom stereocenters. The van der Waals surface area contributed by atoms with Gasteiger partial charge in [0.2, 0.25) is 5.90 Å². The van der Waals surface area contributed by atoms with Gasteiger partial charge in [0.1, 0.15) is 10.6 Å². The van der Waals surface area contributed by atoms with Crippen LogP contribution in [-0.2, 0) is 19.6 Å². The number of nitrogens with zero attached hydrogens (tertiary/aromatic N) is 1. The van der Waals surface area contributed by atoms with E-state index in [1.807, 2.05) is 13.0 Å². The molecule has 8 heteroatoms. The first-order valence-electron chi connectivity index (χ1n) is 9.63. The van der Waals surface area contributed by atoms with E-state index in [1.165, 1.54) is 31.4 Å². The standard InChI is InChI=1S/C24H19NO6S/c1-16-8-11-20(12-9-16)32(27,28)31-22-13-10-19(29-2)14-18(22)15-21-24(26)30-23(25-21)17-6-4-3-5-7-17/h3-15H,1-2H3. The second kappa shape index (κ2) is 8.68. The van der Waals surface area contributed by atoms with Crippen molar-refractivity contribution in [3.8, 4) is 11.5 Å². The number of cyclic esters (lactones) is 1. The van der Waals surface area contributed by atoms with Crippen LogP contribution in [0.5, 0.6) is 11.5 Å². The van der Waals surface area contributed by atoms with Crippen molar-refractivity contribution in [3.05, 3.63) is 95.2 Å². The van der Waals surface area contributed by atoms with Crippen LogP contribution >= 0.6 is 0 Å². The molecule has 0 spiro atoms. The summed E-state index contributed by atoms with van der Waals surface area (Å²) in [4.78, 5) is 16.6. The summed E-state index contributed by atoms with van der Waals surface area (Å²) < 4.78 is 41.4. The van der Waals surface area contributed by atoms with E-state index < -0.39 is 16.1 Å². The molecule has 0 radical (unpaired) electrons. The molecule has 3 aromatic rings. The minimum Gasteiger partial charge on any atom is -0.497 e. The molecular formula is C24H19NO6S. The summed E-state index contributed by atoms with van der Waals surface area (Å²) >= 11 is 0. The summed E-state index contributed by atoms with van der Waals surface area (Å²) in [6, 6.07) is 19.9. The van der Waals surface area contributed by atoms with Crippen molar-refractivity contribution in [1.29, 1.82) is 0 Å². The first kappa shape index (κ1) is 21.3. The molecule has 0 fully saturated rings. The lowest BCUT2D eigenvalue weighted by Crippen LogP contribution is -2.10. The van der Waals surface area contributed by atoms with Gasteiger partial charge in [0.25, 0.3) is 0 Å². The number of ether oxygens (including phenoxy) is 2. The third kappa shape index (κ3) is 4.55. The third-order valence-corrected chi connectivity index (χ3v) is 5.91. The highest BCUT2D eigenvalue weighted by Crippen LogP contribution is 2.30. The number of rotatable bonds is 6. The number of esters is 1. The highest BCUT2D eigenvalue weighted by molar-refractivity contribution is 7.87. The Morgan fingerprint density at radius 3 is 2.38 bits per heavy atom. The van der Waals surface area contributed by atoms with Crippen molar-refractivity contribution in [1.82, 2.24) is 0 Å². The molecule has 7 nitrogen and oxygen atoms in total. The van der Waals surface area contributed by atoms with Crippen molar-refractivity contribution >= 4 is 28.1 Å². The number of hydrogen-bond acceptors (Lipinski definition) is 7. The SMILES string of the molecule is COc1ccc(OS(=O)(=O)c2ccc(C)cc2)c(C=C2N=C(c3ccccc3)OC2=O)c1. The third-order valence-electron chi connectivity index (χ3n) is 4.66. The summed E-state index contributed by atoms with van der Waals surface area (Å²) in [6.07, 6.45) is 1.40. The molecule has 3 aromatic carbocycles. The molecule has 0 saturated heterocycles. The molecular weight excluding hydrogens is 430 g/mol. The van der Waals surface area contributed by atoms with Gasteiger partial charge < -0.3 is 13.7 Å². The van der Waals surface area contributed by atoms with Crippen molar-refractivity contribution in [2.75, 3.05) is 7.11 Å². The predicted octanol–water partition coefficient (Wildman–Crippen LogP) is 4.12. The number of methoxy groups -OCH3 is 1. The first-order chi connectivity index (χ1) is 15.4. The molecule has 4 rings (SSSR count). The Hall–Kier alpha value is -3.91. The lowest BCUT2D eigenvalue weighted by atomic mass is 10.1. The van der Waals surface area contributed by atoms with E-state index in [0.717, 1.165) is 5.56 Å². The molecule has 32 heavy (non-hydrogen) atoms. The van der Waals surface area contributed by atoms with Crippen LogP contribution in [0.2, 0.25) is 0 Å². The maximum atomic E-state index is 12.8. The van der Waals surface area contributed by atoms with Crippen LogP contribution in [0.1, 0.15) is 16.7 Å². The highest BCUT2D eigenvalue weighted by atomic mass is 32.2. The van der Waals surface area contributed by atoms with Gasteiger partial charge in [-0.3, -0.25) is 0 Å². The fourth-order valence-electron chi connectivity index (χ4n) is 2.97. The summed E-state index contributed by atoms with van der Waals surface area (Å²) in [6.45, 7) is 1.86. The second-order valence-corrected chi connectivity index (χ2v) is 8.50. The van der Waals surface area contributed by atoms with Gasteiger partial charge in [-0.05, 0) is 55.5 Å². The van der Waals surface area contributed by atoms with E-state index >= 15 is 0 Å². The fourth-order valence-corrected chi connectivity index (χ4v) is 3.93. The van der Waals surface area contributed by atoms with Crippen LogP contribution in [0.15, 0.2) is 88.4 Å². The number of carbonyl (C=O) groups excluding carboxylic acids is 1. The first-order valence-corrected chi connectivity index (χ1v) is 11.0. The van der Waals surface area contributed by atoms with Crippen molar-refractivity contribution in [2.24, 2.45) is 4.99 Å². The van der Waals surface area contributed by atoms with E-state index in [1.54, 1.807) is 48.5 Å².